The Morgan fingerprint density at radius 2 is 1.71 bits per heavy atom. The number of hydrogen-bond acceptors (Lipinski definition) is 3. The maximum absolute atomic E-state index is 5.99. The summed E-state index contributed by atoms with van der Waals surface area (Å²) in [7, 11) is 1.61. The standard InChI is InChI=1S/C17H14BrNO2/c1-20-12-7-9-15(14(19)10-12)21-16-8-6-11-4-2-3-5-13(11)17(16)18/h2-10H,19H2,1H3. The summed E-state index contributed by atoms with van der Waals surface area (Å²) in [4.78, 5) is 0. The van der Waals surface area contributed by atoms with E-state index in [1.54, 1.807) is 19.2 Å². The molecule has 0 amide bonds. The average molecular weight is 344 g/mol. The van der Waals surface area contributed by atoms with E-state index in [0.29, 0.717) is 17.2 Å². The molecule has 0 aliphatic rings. The molecule has 0 aliphatic carbocycles. The highest BCUT2D eigenvalue weighted by molar-refractivity contribution is 9.10. The Morgan fingerprint density at radius 1 is 0.952 bits per heavy atom. The van der Waals surface area contributed by atoms with Gasteiger partial charge in [-0.1, -0.05) is 30.3 Å². The van der Waals surface area contributed by atoms with Gasteiger partial charge in [-0.2, -0.15) is 0 Å². The maximum Gasteiger partial charge on any atom is 0.150 e. The van der Waals surface area contributed by atoms with Gasteiger partial charge in [0.15, 0.2) is 5.75 Å². The van der Waals surface area contributed by atoms with Crippen molar-refractivity contribution in [3.05, 3.63) is 59.1 Å². The molecule has 3 aromatic rings. The lowest BCUT2D eigenvalue weighted by Crippen LogP contribution is -1.94. The van der Waals surface area contributed by atoms with Crippen LogP contribution in [-0.2, 0) is 0 Å². The van der Waals surface area contributed by atoms with Crippen molar-refractivity contribution in [1.82, 2.24) is 0 Å². The molecule has 0 unspecified atom stereocenters. The van der Waals surface area contributed by atoms with Crippen molar-refractivity contribution in [3.63, 3.8) is 0 Å². The van der Waals surface area contributed by atoms with Gasteiger partial charge in [-0.3, -0.25) is 0 Å². The molecule has 21 heavy (non-hydrogen) atoms. The summed E-state index contributed by atoms with van der Waals surface area (Å²) in [5, 5.41) is 2.25. The minimum Gasteiger partial charge on any atom is -0.497 e. The largest absolute Gasteiger partial charge is 0.497 e. The number of halogens is 1. The summed E-state index contributed by atoms with van der Waals surface area (Å²) in [5.41, 5.74) is 6.52. The Morgan fingerprint density at radius 3 is 2.48 bits per heavy atom. The molecule has 0 saturated heterocycles. The van der Waals surface area contributed by atoms with Crippen molar-refractivity contribution in [1.29, 1.82) is 0 Å². The lowest BCUT2D eigenvalue weighted by molar-refractivity contribution is 0.413. The second-order valence-corrected chi connectivity index (χ2v) is 5.40. The molecule has 0 aliphatic heterocycles. The minimum atomic E-state index is 0.536. The first-order chi connectivity index (χ1) is 10.2. The third-order valence-corrected chi connectivity index (χ3v) is 4.08. The summed E-state index contributed by atoms with van der Waals surface area (Å²) in [6.45, 7) is 0. The predicted octanol–water partition coefficient (Wildman–Crippen LogP) is 4.99. The number of anilines is 1. The monoisotopic (exact) mass is 343 g/mol. The van der Waals surface area contributed by atoms with Gasteiger partial charge >= 0.3 is 0 Å². The smallest absolute Gasteiger partial charge is 0.150 e. The third kappa shape index (κ3) is 2.67. The molecule has 0 radical (unpaired) electrons. The first-order valence-electron chi connectivity index (χ1n) is 6.47. The van der Waals surface area contributed by atoms with E-state index in [2.05, 4.69) is 22.0 Å². The normalized spacial score (nSPS) is 10.6. The predicted molar refractivity (Wildman–Crippen MR) is 89.1 cm³/mol. The summed E-state index contributed by atoms with van der Waals surface area (Å²) >= 11 is 3.60. The number of methoxy groups -OCH3 is 1. The van der Waals surface area contributed by atoms with Gasteiger partial charge in [0.05, 0.1) is 17.3 Å². The fourth-order valence-corrected chi connectivity index (χ4v) is 2.73. The Labute approximate surface area is 131 Å². The van der Waals surface area contributed by atoms with Crippen LogP contribution in [0.2, 0.25) is 0 Å². The topological polar surface area (TPSA) is 44.5 Å². The SMILES string of the molecule is COc1ccc(Oc2ccc3ccccc3c2Br)c(N)c1. The van der Waals surface area contributed by atoms with Crippen LogP contribution in [0.5, 0.6) is 17.2 Å². The van der Waals surface area contributed by atoms with Crippen LogP contribution in [0.1, 0.15) is 0 Å². The van der Waals surface area contributed by atoms with E-state index in [9.17, 15) is 0 Å². The van der Waals surface area contributed by atoms with Gasteiger partial charge in [-0.05, 0) is 44.9 Å². The Bertz CT molecular complexity index is 802. The summed E-state index contributed by atoms with van der Waals surface area (Å²) in [6, 6.07) is 17.4. The maximum atomic E-state index is 5.99. The highest BCUT2D eigenvalue weighted by Gasteiger charge is 2.09. The van der Waals surface area contributed by atoms with E-state index < -0.39 is 0 Å². The number of rotatable bonds is 3. The van der Waals surface area contributed by atoms with Crippen LogP contribution in [0.3, 0.4) is 0 Å². The van der Waals surface area contributed by atoms with E-state index in [1.165, 1.54) is 0 Å². The van der Waals surface area contributed by atoms with Crippen LogP contribution >= 0.6 is 15.9 Å². The molecule has 0 heterocycles. The minimum absolute atomic E-state index is 0.536. The number of ether oxygens (including phenoxy) is 2. The molecular formula is C17H14BrNO2. The van der Waals surface area contributed by atoms with Gasteiger partial charge in [0.2, 0.25) is 0 Å². The molecule has 0 atom stereocenters. The van der Waals surface area contributed by atoms with Crippen molar-refractivity contribution in [2.45, 2.75) is 0 Å². The zero-order valence-electron chi connectivity index (χ0n) is 11.5. The molecule has 0 fully saturated rings. The molecule has 0 aromatic heterocycles. The molecular weight excluding hydrogens is 330 g/mol. The fraction of sp³-hybridized carbons (Fsp3) is 0.0588. The molecule has 3 rings (SSSR count). The molecule has 0 saturated carbocycles. The number of hydrogen-bond donors (Lipinski definition) is 1. The van der Waals surface area contributed by atoms with Crippen LogP contribution in [0, 0.1) is 0 Å². The average Bonchev–Trinajstić information content (AvgIpc) is 2.52. The van der Waals surface area contributed by atoms with E-state index >= 15 is 0 Å². The van der Waals surface area contributed by atoms with Gasteiger partial charge in [0.25, 0.3) is 0 Å². The van der Waals surface area contributed by atoms with E-state index in [0.717, 1.165) is 21.0 Å². The molecule has 4 heteroatoms. The lowest BCUT2D eigenvalue weighted by atomic mass is 10.1. The quantitative estimate of drug-likeness (QED) is 0.681. The Kier molecular flexibility index (Phi) is 3.71. The molecule has 0 bridgehead atoms. The van der Waals surface area contributed by atoms with Crippen molar-refractivity contribution >= 4 is 32.4 Å². The highest BCUT2D eigenvalue weighted by atomic mass is 79.9. The Balaban J connectivity index is 2.00. The zero-order chi connectivity index (χ0) is 14.8. The highest BCUT2D eigenvalue weighted by Crippen LogP contribution is 2.38. The first-order valence-corrected chi connectivity index (χ1v) is 7.27. The van der Waals surface area contributed by atoms with Gasteiger partial charge in [-0.15, -0.1) is 0 Å². The second-order valence-electron chi connectivity index (χ2n) is 4.60. The van der Waals surface area contributed by atoms with Crippen molar-refractivity contribution < 1.29 is 9.47 Å². The summed E-state index contributed by atoms with van der Waals surface area (Å²) in [6.07, 6.45) is 0. The van der Waals surface area contributed by atoms with Crippen molar-refractivity contribution in [2.24, 2.45) is 0 Å². The number of benzene rings is 3. The van der Waals surface area contributed by atoms with E-state index in [1.807, 2.05) is 36.4 Å². The van der Waals surface area contributed by atoms with Gasteiger partial charge in [-0.25, -0.2) is 0 Å². The summed E-state index contributed by atoms with van der Waals surface area (Å²) < 4.78 is 12.0. The number of nitrogen functional groups attached to an aromatic ring is 1. The number of fused-ring (bicyclic) bond motifs is 1. The van der Waals surface area contributed by atoms with Crippen LogP contribution < -0.4 is 15.2 Å². The van der Waals surface area contributed by atoms with E-state index in [-0.39, 0.29) is 0 Å². The molecule has 106 valence electrons. The fourth-order valence-electron chi connectivity index (χ4n) is 2.16. The molecule has 0 spiro atoms. The van der Waals surface area contributed by atoms with Gasteiger partial charge in [0.1, 0.15) is 11.5 Å². The van der Waals surface area contributed by atoms with Crippen LogP contribution in [0.25, 0.3) is 10.8 Å². The van der Waals surface area contributed by atoms with E-state index in [4.69, 9.17) is 15.2 Å². The molecule has 3 aromatic carbocycles. The van der Waals surface area contributed by atoms with Gasteiger partial charge in [0, 0.05) is 6.07 Å². The molecule has 2 N–H and O–H groups in total. The molecule has 3 nitrogen and oxygen atoms in total. The lowest BCUT2D eigenvalue weighted by Gasteiger charge is -2.12. The summed E-state index contributed by atoms with van der Waals surface area (Å²) in [5.74, 6) is 2.04. The van der Waals surface area contributed by atoms with Crippen LogP contribution in [0.15, 0.2) is 59.1 Å². The van der Waals surface area contributed by atoms with Crippen molar-refractivity contribution in [2.75, 3.05) is 12.8 Å². The van der Waals surface area contributed by atoms with Crippen molar-refractivity contribution in [3.8, 4) is 17.2 Å². The van der Waals surface area contributed by atoms with Crippen LogP contribution in [0.4, 0.5) is 5.69 Å². The van der Waals surface area contributed by atoms with Crippen LogP contribution in [-0.4, -0.2) is 7.11 Å². The zero-order valence-corrected chi connectivity index (χ0v) is 13.1. The second kappa shape index (κ2) is 5.66. The third-order valence-electron chi connectivity index (χ3n) is 3.26. The first kappa shape index (κ1) is 13.8. The van der Waals surface area contributed by atoms with Gasteiger partial charge < -0.3 is 15.2 Å². The number of nitrogens with two attached hydrogens (primary N) is 1. The Hall–Kier alpha value is -2.20.